The van der Waals surface area contributed by atoms with Gasteiger partial charge in [0.1, 0.15) is 17.3 Å². The van der Waals surface area contributed by atoms with Crippen molar-refractivity contribution in [2.75, 3.05) is 0 Å². The first-order valence-electron chi connectivity index (χ1n) is 8.39. The average Bonchev–Trinajstić information content (AvgIpc) is 3.16. The third-order valence-electron chi connectivity index (χ3n) is 4.90. The van der Waals surface area contributed by atoms with E-state index < -0.39 is 12.1 Å². The fraction of sp³-hybridized carbons (Fsp3) is 0.0476. The molecule has 27 heavy (non-hydrogen) atoms. The van der Waals surface area contributed by atoms with Crippen LogP contribution < -0.4 is 5.73 Å². The van der Waals surface area contributed by atoms with Gasteiger partial charge in [0.15, 0.2) is 0 Å². The molecule has 4 aromatic rings. The number of nitrogens with zero attached hydrogens (tertiary/aromatic N) is 1. The first kappa shape index (κ1) is 16.2. The predicted molar refractivity (Wildman–Crippen MR) is 105 cm³/mol. The maximum atomic E-state index is 12.8. The van der Waals surface area contributed by atoms with Crippen LogP contribution in [0.2, 0.25) is 0 Å². The number of halogens is 1. The monoisotopic (exact) mass is 420 g/mol. The molecule has 1 aliphatic heterocycles. The van der Waals surface area contributed by atoms with E-state index in [0.29, 0.717) is 22.3 Å². The summed E-state index contributed by atoms with van der Waals surface area (Å²) < 4.78 is 6.62. The molecule has 132 valence electrons. The van der Waals surface area contributed by atoms with E-state index in [-0.39, 0.29) is 5.91 Å². The molecule has 0 saturated heterocycles. The zero-order valence-corrected chi connectivity index (χ0v) is 15.6. The number of hydrogen-bond acceptors (Lipinski definition) is 4. The number of amides is 2. The Morgan fingerprint density at radius 3 is 2.44 bits per heavy atom. The van der Waals surface area contributed by atoms with Crippen LogP contribution in [-0.2, 0) is 0 Å². The Balaban J connectivity index is 1.58. The smallest absolute Gasteiger partial charge is 0.263 e. The summed E-state index contributed by atoms with van der Waals surface area (Å²) in [5, 5.41) is 1.98. The van der Waals surface area contributed by atoms with Crippen molar-refractivity contribution < 1.29 is 14.0 Å². The van der Waals surface area contributed by atoms with Crippen molar-refractivity contribution in [2.24, 2.45) is 5.73 Å². The molecule has 5 rings (SSSR count). The Morgan fingerprint density at radius 1 is 0.852 bits per heavy atom. The molecule has 2 N–H and O–H groups in total. The van der Waals surface area contributed by atoms with Gasteiger partial charge >= 0.3 is 0 Å². The van der Waals surface area contributed by atoms with Crippen molar-refractivity contribution in [2.45, 2.75) is 6.17 Å². The Hall–Kier alpha value is -2.96. The molecule has 2 heterocycles. The maximum absolute atomic E-state index is 12.8. The Morgan fingerprint density at radius 2 is 1.59 bits per heavy atom. The lowest BCUT2D eigenvalue weighted by Crippen LogP contribution is -2.38. The molecule has 0 spiro atoms. The first-order valence-corrected chi connectivity index (χ1v) is 9.18. The van der Waals surface area contributed by atoms with Gasteiger partial charge in [0.25, 0.3) is 11.8 Å². The Bertz CT molecular complexity index is 1260. The molecule has 1 unspecified atom stereocenters. The van der Waals surface area contributed by atoms with Crippen molar-refractivity contribution in [3.05, 3.63) is 81.8 Å². The van der Waals surface area contributed by atoms with E-state index in [4.69, 9.17) is 10.2 Å². The molecule has 0 saturated carbocycles. The van der Waals surface area contributed by atoms with E-state index in [1.807, 2.05) is 36.4 Å². The second-order valence-electron chi connectivity index (χ2n) is 6.47. The fourth-order valence-corrected chi connectivity index (χ4v) is 3.92. The van der Waals surface area contributed by atoms with Gasteiger partial charge in [-0.15, -0.1) is 0 Å². The molecular formula is C21H13BrN2O3. The molecule has 0 radical (unpaired) electrons. The van der Waals surface area contributed by atoms with Crippen LogP contribution in [0.25, 0.3) is 21.9 Å². The number of carbonyl (C=O) groups is 2. The second kappa shape index (κ2) is 5.77. The highest BCUT2D eigenvalue weighted by molar-refractivity contribution is 9.10. The molecule has 0 aliphatic carbocycles. The van der Waals surface area contributed by atoms with E-state index in [1.165, 1.54) is 0 Å². The largest absolute Gasteiger partial charge is 0.456 e. The SMILES string of the molecule is NC(c1ccc2c(c1)oc1ccccc12)N1C(=O)c2ccc(Br)cc2C1=O. The maximum Gasteiger partial charge on any atom is 0.263 e. The third-order valence-corrected chi connectivity index (χ3v) is 5.40. The average molecular weight is 421 g/mol. The summed E-state index contributed by atoms with van der Waals surface area (Å²) >= 11 is 3.33. The Labute approximate surface area is 162 Å². The minimum atomic E-state index is -0.895. The van der Waals surface area contributed by atoms with Crippen LogP contribution in [0.3, 0.4) is 0 Å². The van der Waals surface area contributed by atoms with Crippen molar-refractivity contribution >= 4 is 49.7 Å². The molecule has 5 nitrogen and oxygen atoms in total. The topological polar surface area (TPSA) is 76.5 Å². The quantitative estimate of drug-likeness (QED) is 0.480. The number of rotatable bonds is 2. The minimum Gasteiger partial charge on any atom is -0.456 e. The second-order valence-corrected chi connectivity index (χ2v) is 7.38. The number of nitrogens with two attached hydrogens (primary N) is 1. The van der Waals surface area contributed by atoms with Gasteiger partial charge in [0, 0.05) is 15.2 Å². The normalized spacial score (nSPS) is 15.0. The first-order chi connectivity index (χ1) is 13.0. The van der Waals surface area contributed by atoms with Gasteiger partial charge in [-0.3, -0.25) is 14.5 Å². The molecular weight excluding hydrogens is 408 g/mol. The molecule has 6 heteroatoms. The van der Waals surface area contributed by atoms with Gasteiger partial charge in [-0.1, -0.05) is 46.3 Å². The van der Waals surface area contributed by atoms with Crippen molar-refractivity contribution in [3.8, 4) is 0 Å². The molecule has 2 amide bonds. The standard InChI is InChI=1S/C21H13BrN2O3/c22-12-6-8-15-16(10-12)21(26)24(20(15)25)19(23)11-5-7-14-13-3-1-2-4-17(13)27-18(14)9-11/h1-10,19H,23H2. The van der Waals surface area contributed by atoms with Gasteiger partial charge in [0.2, 0.25) is 0 Å². The number of fused-ring (bicyclic) bond motifs is 4. The number of para-hydroxylation sites is 1. The number of carbonyl (C=O) groups excluding carboxylic acids is 2. The van der Waals surface area contributed by atoms with Crippen molar-refractivity contribution in [1.29, 1.82) is 0 Å². The van der Waals surface area contributed by atoms with Gasteiger partial charge in [-0.25, -0.2) is 0 Å². The van der Waals surface area contributed by atoms with E-state index in [2.05, 4.69) is 15.9 Å². The molecule has 0 fully saturated rings. The summed E-state index contributed by atoms with van der Waals surface area (Å²) in [5.41, 5.74) is 9.12. The summed E-state index contributed by atoms with van der Waals surface area (Å²) in [4.78, 5) is 26.6. The van der Waals surface area contributed by atoms with Crippen LogP contribution >= 0.6 is 15.9 Å². The van der Waals surface area contributed by atoms with E-state index in [9.17, 15) is 9.59 Å². The summed E-state index contributed by atoms with van der Waals surface area (Å²) in [7, 11) is 0. The van der Waals surface area contributed by atoms with Gasteiger partial charge in [-0.05, 0) is 35.9 Å². The number of hydrogen-bond donors (Lipinski definition) is 1. The number of benzene rings is 3. The van der Waals surface area contributed by atoms with E-state index in [0.717, 1.165) is 25.7 Å². The zero-order chi connectivity index (χ0) is 18.7. The van der Waals surface area contributed by atoms with Crippen LogP contribution in [0.5, 0.6) is 0 Å². The summed E-state index contributed by atoms with van der Waals surface area (Å²) in [5.74, 6) is -0.784. The summed E-state index contributed by atoms with van der Waals surface area (Å²) in [6.07, 6.45) is -0.895. The fourth-order valence-electron chi connectivity index (χ4n) is 3.56. The van der Waals surface area contributed by atoms with Crippen molar-refractivity contribution in [1.82, 2.24) is 4.90 Å². The van der Waals surface area contributed by atoms with Crippen molar-refractivity contribution in [3.63, 3.8) is 0 Å². The lowest BCUT2D eigenvalue weighted by Gasteiger charge is -2.22. The number of furan rings is 1. The predicted octanol–water partition coefficient (Wildman–Crippen LogP) is 4.60. The van der Waals surface area contributed by atoms with Crippen LogP contribution in [-0.4, -0.2) is 16.7 Å². The lowest BCUT2D eigenvalue weighted by atomic mass is 10.1. The molecule has 0 bridgehead atoms. The van der Waals surface area contributed by atoms with Crippen LogP contribution in [0.15, 0.2) is 69.6 Å². The van der Waals surface area contributed by atoms with E-state index in [1.54, 1.807) is 24.3 Å². The van der Waals surface area contributed by atoms with E-state index >= 15 is 0 Å². The Kier molecular flexibility index (Phi) is 3.47. The summed E-state index contributed by atoms with van der Waals surface area (Å²) in [6, 6.07) is 18.3. The highest BCUT2D eigenvalue weighted by atomic mass is 79.9. The van der Waals surface area contributed by atoms with Crippen LogP contribution in [0.4, 0.5) is 0 Å². The highest BCUT2D eigenvalue weighted by Gasteiger charge is 2.39. The lowest BCUT2D eigenvalue weighted by molar-refractivity contribution is 0.0586. The molecule has 1 aromatic heterocycles. The van der Waals surface area contributed by atoms with Crippen LogP contribution in [0, 0.1) is 0 Å². The molecule has 1 atom stereocenters. The highest BCUT2D eigenvalue weighted by Crippen LogP contribution is 2.34. The van der Waals surface area contributed by atoms with Crippen LogP contribution in [0.1, 0.15) is 32.4 Å². The van der Waals surface area contributed by atoms with Gasteiger partial charge in [-0.2, -0.15) is 0 Å². The summed E-state index contributed by atoms with van der Waals surface area (Å²) in [6.45, 7) is 0. The third kappa shape index (κ3) is 2.34. The zero-order valence-electron chi connectivity index (χ0n) is 14.0. The number of imide groups is 1. The van der Waals surface area contributed by atoms with Gasteiger partial charge in [0.05, 0.1) is 11.1 Å². The molecule has 3 aromatic carbocycles. The minimum absolute atomic E-state index is 0.356. The molecule has 1 aliphatic rings. The van der Waals surface area contributed by atoms with Gasteiger partial charge < -0.3 is 10.2 Å².